The largest absolute Gasteiger partial charge is 0.486 e. The lowest BCUT2D eigenvalue weighted by molar-refractivity contribution is 0.171. The number of ether oxygens (including phenoxy) is 2. The Bertz CT molecular complexity index is 665. The maximum absolute atomic E-state index is 12.8. The van der Waals surface area contributed by atoms with Gasteiger partial charge in [-0.2, -0.15) is 4.31 Å². The molecule has 0 spiro atoms. The van der Waals surface area contributed by atoms with E-state index in [4.69, 9.17) is 21.1 Å². The molecular weight excluding hydrogens is 328 g/mol. The van der Waals surface area contributed by atoms with Crippen LogP contribution in [0.2, 0.25) is 5.02 Å². The first-order chi connectivity index (χ1) is 10.5. The first-order valence-electron chi connectivity index (χ1n) is 7.26. The van der Waals surface area contributed by atoms with E-state index < -0.39 is 10.0 Å². The first kappa shape index (κ1) is 15.9. The smallest absolute Gasteiger partial charge is 0.244 e. The second-order valence-corrected chi connectivity index (χ2v) is 7.82. The van der Waals surface area contributed by atoms with Gasteiger partial charge >= 0.3 is 0 Å². The quantitative estimate of drug-likeness (QED) is 0.891. The standard InChI is InChI=1S/C14H19ClN2O4S/c1-16-8-10-2-3-17(9-10)22(18,19)14-7-13-12(6-11(14)15)20-4-5-21-13/h6-7,10,16H,2-5,8-9H2,1H3. The van der Waals surface area contributed by atoms with Crippen LogP contribution in [0.25, 0.3) is 0 Å². The van der Waals surface area contributed by atoms with Crippen LogP contribution in [-0.4, -0.2) is 52.6 Å². The highest BCUT2D eigenvalue weighted by atomic mass is 35.5. The lowest BCUT2D eigenvalue weighted by Gasteiger charge is -2.22. The number of nitrogens with one attached hydrogen (secondary N) is 1. The molecule has 0 amide bonds. The molecule has 0 aliphatic carbocycles. The van der Waals surface area contributed by atoms with Gasteiger partial charge in [0.1, 0.15) is 18.1 Å². The molecular formula is C14H19ClN2O4S. The van der Waals surface area contributed by atoms with Crippen LogP contribution < -0.4 is 14.8 Å². The summed E-state index contributed by atoms with van der Waals surface area (Å²) in [5, 5.41) is 3.26. The molecule has 8 heteroatoms. The summed E-state index contributed by atoms with van der Waals surface area (Å²) < 4.78 is 38.0. The number of fused-ring (bicyclic) bond motifs is 1. The lowest BCUT2D eigenvalue weighted by atomic mass is 10.1. The molecule has 1 fully saturated rings. The van der Waals surface area contributed by atoms with Gasteiger partial charge in [0, 0.05) is 25.2 Å². The molecule has 2 aliphatic rings. The number of nitrogens with zero attached hydrogens (tertiary/aromatic N) is 1. The van der Waals surface area contributed by atoms with E-state index in [1.807, 2.05) is 7.05 Å². The van der Waals surface area contributed by atoms with Gasteiger partial charge in [-0.05, 0) is 25.9 Å². The molecule has 0 bridgehead atoms. The van der Waals surface area contributed by atoms with Crippen molar-refractivity contribution in [3.05, 3.63) is 17.2 Å². The molecule has 2 heterocycles. The maximum Gasteiger partial charge on any atom is 0.244 e. The monoisotopic (exact) mass is 346 g/mol. The van der Waals surface area contributed by atoms with Crippen LogP contribution in [0.5, 0.6) is 11.5 Å². The van der Waals surface area contributed by atoms with Gasteiger partial charge in [0.15, 0.2) is 11.5 Å². The average molecular weight is 347 g/mol. The molecule has 1 N–H and O–H groups in total. The fourth-order valence-corrected chi connectivity index (χ4v) is 4.89. The van der Waals surface area contributed by atoms with Crippen molar-refractivity contribution < 1.29 is 17.9 Å². The molecule has 0 saturated carbocycles. The molecule has 0 radical (unpaired) electrons. The molecule has 6 nitrogen and oxygen atoms in total. The van der Waals surface area contributed by atoms with Crippen molar-refractivity contribution in [2.75, 3.05) is 39.9 Å². The lowest BCUT2D eigenvalue weighted by Crippen LogP contribution is -2.30. The zero-order valence-corrected chi connectivity index (χ0v) is 13.9. The summed E-state index contributed by atoms with van der Waals surface area (Å²) in [6, 6.07) is 2.99. The molecule has 3 rings (SSSR count). The summed E-state index contributed by atoms with van der Waals surface area (Å²) in [6.07, 6.45) is 0.849. The third kappa shape index (κ3) is 2.90. The van der Waals surface area contributed by atoms with Crippen LogP contribution in [0.1, 0.15) is 6.42 Å². The van der Waals surface area contributed by atoms with Crippen molar-refractivity contribution in [2.24, 2.45) is 5.92 Å². The van der Waals surface area contributed by atoms with E-state index >= 15 is 0 Å². The predicted octanol–water partition coefficient (Wildman–Crippen LogP) is 1.34. The van der Waals surface area contributed by atoms with E-state index in [2.05, 4.69) is 5.32 Å². The summed E-state index contributed by atoms with van der Waals surface area (Å²) in [7, 11) is -1.75. The Hall–Kier alpha value is -1.02. The SMILES string of the molecule is CNCC1CCN(S(=O)(=O)c2cc3c(cc2Cl)OCCO3)C1. The summed E-state index contributed by atoms with van der Waals surface area (Å²) >= 11 is 6.17. The van der Waals surface area contributed by atoms with Crippen LogP contribution in [0.15, 0.2) is 17.0 Å². The minimum Gasteiger partial charge on any atom is -0.486 e. The van der Waals surface area contributed by atoms with E-state index in [9.17, 15) is 8.42 Å². The predicted molar refractivity (Wildman–Crippen MR) is 83.2 cm³/mol. The van der Waals surface area contributed by atoms with Gasteiger partial charge < -0.3 is 14.8 Å². The van der Waals surface area contributed by atoms with E-state index in [0.29, 0.717) is 43.7 Å². The summed E-state index contributed by atoms with van der Waals surface area (Å²) in [6.45, 7) is 2.67. The van der Waals surface area contributed by atoms with E-state index in [0.717, 1.165) is 13.0 Å². The van der Waals surface area contributed by atoms with E-state index in [1.165, 1.54) is 16.4 Å². The zero-order valence-electron chi connectivity index (χ0n) is 12.3. The topological polar surface area (TPSA) is 67.9 Å². The average Bonchev–Trinajstić information content (AvgIpc) is 2.96. The van der Waals surface area contributed by atoms with Gasteiger partial charge in [-0.25, -0.2) is 8.42 Å². The minimum absolute atomic E-state index is 0.0866. The molecule has 1 atom stereocenters. The number of hydrogen-bond acceptors (Lipinski definition) is 5. The highest BCUT2D eigenvalue weighted by Gasteiger charge is 2.34. The Morgan fingerprint density at radius 3 is 2.68 bits per heavy atom. The Balaban J connectivity index is 1.89. The van der Waals surface area contributed by atoms with E-state index in [1.54, 1.807) is 0 Å². The molecule has 1 unspecified atom stereocenters. The first-order valence-corrected chi connectivity index (χ1v) is 9.08. The third-order valence-corrected chi connectivity index (χ3v) is 6.29. The summed E-state index contributed by atoms with van der Waals surface area (Å²) in [4.78, 5) is 0.0866. The Kier molecular flexibility index (Phi) is 4.49. The van der Waals surface area contributed by atoms with Gasteiger partial charge in [-0.1, -0.05) is 11.6 Å². The third-order valence-electron chi connectivity index (χ3n) is 3.96. The molecule has 22 heavy (non-hydrogen) atoms. The number of rotatable bonds is 4. The van der Waals surface area contributed by atoms with Crippen molar-refractivity contribution in [2.45, 2.75) is 11.3 Å². The van der Waals surface area contributed by atoms with Crippen molar-refractivity contribution in [1.29, 1.82) is 0 Å². The minimum atomic E-state index is -3.62. The van der Waals surface area contributed by atoms with Crippen LogP contribution in [0.3, 0.4) is 0 Å². The molecule has 1 saturated heterocycles. The summed E-state index contributed by atoms with van der Waals surface area (Å²) in [5.41, 5.74) is 0. The van der Waals surface area contributed by atoms with Crippen LogP contribution in [0, 0.1) is 5.92 Å². The van der Waals surface area contributed by atoms with Gasteiger partial charge in [-0.3, -0.25) is 0 Å². The van der Waals surface area contributed by atoms with Crippen molar-refractivity contribution in [3.8, 4) is 11.5 Å². The van der Waals surface area contributed by atoms with Gasteiger partial charge in [0.25, 0.3) is 0 Å². The highest BCUT2D eigenvalue weighted by molar-refractivity contribution is 7.89. The fourth-order valence-electron chi connectivity index (χ4n) is 2.85. The second kappa shape index (κ2) is 6.23. The normalized spacial score (nSPS) is 22.0. The van der Waals surface area contributed by atoms with E-state index in [-0.39, 0.29) is 9.92 Å². The Labute approximate surface area is 135 Å². The number of sulfonamides is 1. The van der Waals surface area contributed by atoms with Crippen LogP contribution >= 0.6 is 11.6 Å². The van der Waals surface area contributed by atoms with Crippen LogP contribution in [0.4, 0.5) is 0 Å². The van der Waals surface area contributed by atoms with Crippen molar-refractivity contribution in [1.82, 2.24) is 9.62 Å². The molecule has 1 aromatic rings. The Morgan fingerprint density at radius 1 is 1.32 bits per heavy atom. The Morgan fingerprint density at radius 2 is 2.00 bits per heavy atom. The molecule has 2 aliphatic heterocycles. The van der Waals surface area contributed by atoms with Crippen LogP contribution in [-0.2, 0) is 10.0 Å². The maximum atomic E-state index is 12.8. The van der Waals surface area contributed by atoms with Gasteiger partial charge in [0.2, 0.25) is 10.0 Å². The zero-order chi connectivity index (χ0) is 15.7. The highest BCUT2D eigenvalue weighted by Crippen LogP contribution is 2.39. The molecule has 1 aromatic carbocycles. The van der Waals surface area contributed by atoms with Gasteiger partial charge in [-0.15, -0.1) is 0 Å². The second-order valence-electron chi connectivity index (χ2n) is 5.50. The van der Waals surface area contributed by atoms with Crippen molar-refractivity contribution in [3.63, 3.8) is 0 Å². The van der Waals surface area contributed by atoms with Gasteiger partial charge in [0.05, 0.1) is 5.02 Å². The molecule has 122 valence electrons. The fraction of sp³-hybridized carbons (Fsp3) is 0.571. The van der Waals surface area contributed by atoms with Crippen molar-refractivity contribution >= 4 is 21.6 Å². The molecule has 0 aromatic heterocycles. The summed E-state index contributed by atoms with van der Waals surface area (Å²) in [5.74, 6) is 1.25. The number of hydrogen-bond donors (Lipinski definition) is 1. The number of halogens is 1. The number of benzene rings is 1.